The maximum atomic E-state index is 7.18. The van der Waals surface area contributed by atoms with Crippen LogP contribution in [0.2, 0.25) is 0 Å². The number of nitrogens with zero attached hydrogens (tertiary/aromatic N) is 1. The quantitative estimate of drug-likeness (QED) is 0.157. The number of hydrogen-bond donors (Lipinski definition) is 0. The van der Waals surface area contributed by atoms with Gasteiger partial charge in [-0.15, -0.1) is 0 Å². The van der Waals surface area contributed by atoms with E-state index >= 15 is 0 Å². The van der Waals surface area contributed by atoms with Gasteiger partial charge in [-0.2, -0.15) is 0 Å². The van der Waals surface area contributed by atoms with Gasteiger partial charge in [-0.25, -0.2) is 0 Å². The third-order valence-corrected chi connectivity index (χ3v) is 15.8. The van der Waals surface area contributed by atoms with Gasteiger partial charge in [0, 0.05) is 32.6 Å². The monoisotopic (exact) mass is 903 g/mol. The average molecular weight is 904 g/mol. The molecule has 1 aliphatic rings. The molecule has 0 amide bonds. The highest BCUT2D eigenvalue weighted by Crippen LogP contribution is 2.50. The van der Waals surface area contributed by atoms with Gasteiger partial charge in [0.05, 0.1) is 11.0 Å². The molecule has 0 bridgehead atoms. The topological polar surface area (TPSA) is 18.1 Å². The Morgan fingerprint density at radius 1 is 0.310 bits per heavy atom. The normalized spacial score (nSPS) is 13.0. The molecule has 0 aliphatic heterocycles. The fourth-order valence-electron chi connectivity index (χ4n) is 12.3. The van der Waals surface area contributed by atoms with Crippen LogP contribution in [0.25, 0.3) is 137 Å². The van der Waals surface area contributed by atoms with E-state index in [0.717, 1.165) is 55.2 Å². The van der Waals surface area contributed by atoms with Crippen molar-refractivity contribution in [2.75, 3.05) is 0 Å². The first kappa shape index (κ1) is 40.0. The first-order valence-electron chi connectivity index (χ1n) is 24.7. The molecule has 1 aliphatic carbocycles. The summed E-state index contributed by atoms with van der Waals surface area (Å²) in [5.41, 5.74) is 20.0. The van der Waals surface area contributed by atoms with Crippen molar-refractivity contribution >= 4 is 76.1 Å². The molecule has 71 heavy (non-hydrogen) atoms. The van der Waals surface area contributed by atoms with Gasteiger partial charge < -0.3 is 8.98 Å². The van der Waals surface area contributed by atoms with E-state index in [9.17, 15) is 0 Å². The molecule has 0 N–H and O–H groups in total. The van der Waals surface area contributed by atoms with Gasteiger partial charge in [0.2, 0.25) is 0 Å². The lowest BCUT2D eigenvalue weighted by Gasteiger charge is -2.22. The second kappa shape index (κ2) is 15.0. The Hall–Kier alpha value is -8.98. The second-order valence-corrected chi connectivity index (χ2v) is 20.0. The molecule has 15 rings (SSSR count). The molecule has 0 atom stereocenters. The fourth-order valence-corrected chi connectivity index (χ4v) is 12.3. The Morgan fingerprint density at radius 3 is 1.54 bits per heavy atom. The average Bonchev–Trinajstić information content (AvgIpc) is 4.05. The molecule has 0 saturated carbocycles. The Kier molecular flexibility index (Phi) is 8.45. The van der Waals surface area contributed by atoms with E-state index < -0.39 is 0 Å². The molecule has 2 heteroatoms. The molecule has 2 aromatic heterocycles. The van der Waals surface area contributed by atoms with Gasteiger partial charge in [0.25, 0.3) is 0 Å². The number of hydrogen-bond acceptors (Lipinski definition) is 1. The van der Waals surface area contributed by atoms with E-state index in [4.69, 9.17) is 4.42 Å². The van der Waals surface area contributed by atoms with Gasteiger partial charge in [0.1, 0.15) is 5.58 Å². The molecule has 2 heterocycles. The lowest BCUT2D eigenvalue weighted by molar-refractivity contribution is 0.660. The maximum absolute atomic E-state index is 7.18. The van der Waals surface area contributed by atoms with Crippen molar-refractivity contribution in [2.24, 2.45) is 0 Å². The zero-order valence-electron chi connectivity index (χ0n) is 39.4. The zero-order chi connectivity index (χ0) is 47.0. The van der Waals surface area contributed by atoms with Crippen molar-refractivity contribution in [1.82, 2.24) is 4.57 Å². The van der Waals surface area contributed by atoms with E-state index in [1.807, 2.05) is 0 Å². The zero-order valence-corrected chi connectivity index (χ0v) is 39.4. The van der Waals surface area contributed by atoms with Crippen LogP contribution in [-0.2, 0) is 5.41 Å². The summed E-state index contributed by atoms with van der Waals surface area (Å²) < 4.78 is 9.61. The third-order valence-electron chi connectivity index (χ3n) is 15.8. The smallest absolute Gasteiger partial charge is 0.160 e. The van der Waals surface area contributed by atoms with Crippen molar-refractivity contribution in [3.8, 4) is 61.3 Å². The molecule has 0 saturated heterocycles. The van der Waals surface area contributed by atoms with Crippen LogP contribution in [0.3, 0.4) is 0 Å². The highest BCUT2D eigenvalue weighted by molar-refractivity contribution is 6.26. The summed E-state index contributed by atoms with van der Waals surface area (Å²) in [6, 6.07) is 87.3. The number of benzene rings is 12. The van der Waals surface area contributed by atoms with Crippen LogP contribution in [0, 0.1) is 0 Å². The molecular formula is C69H45NO. The molecule has 0 radical (unpaired) electrons. The van der Waals surface area contributed by atoms with Crippen LogP contribution >= 0.6 is 0 Å². The Labute approximate surface area is 411 Å². The van der Waals surface area contributed by atoms with Crippen LogP contribution < -0.4 is 0 Å². The second-order valence-electron chi connectivity index (χ2n) is 20.0. The van der Waals surface area contributed by atoms with Crippen molar-refractivity contribution < 1.29 is 4.42 Å². The summed E-state index contributed by atoms with van der Waals surface area (Å²) in [6.07, 6.45) is 0. The maximum Gasteiger partial charge on any atom is 0.160 e. The van der Waals surface area contributed by atoms with Gasteiger partial charge in [-0.3, -0.25) is 0 Å². The number of furan rings is 1. The fraction of sp³-hybridized carbons (Fsp3) is 0.0435. The minimum absolute atomic E-state index is 0.0468. The Balaban J connectivity index is 0.868. The number of aromatic nitrogens is 1. The van der Waals surface area contributed by atoms with Crippen LogP contribution in [-0.4, -0.2) is 4.57 Å². The van der Waals surface area contributed by atoms with E-state index in [0.29, 0.717) is 0 Å². The molecule has 0 unspecified atom stereocenters. The van der Waals surface area contributed by atoms with E-state index in [2.05, 4.69) is 255 Å². The minimum atomic E-state index is -0.0468. The summed E-state index contributed by atoms with van der Waals surface area (Å²) in [5.74, 6) is 0. The van der Waals surface area contributed by atoms with Crippen molar-refractivity contribution in [3.63, 3.8) is 0 Å². The lowest BCUT2D eigenvalue weighted by Crippen LogP contribution is -2.14. The Bertz CT molecular complexity index is 4510. The minimum Gasteiger partial charge on any atom is -0.454 e. The Morgan fingerprint density at radius 2 is 0.817 bits per heavy atom. The highest BCUT2D eigenvalue weighted by atomic mass is 16.3. The predicted molar refractivity (Wildman–Crippen MR) is 300 cm³/mol. The molecule has 332 valence electrons. The molecule has 0 fully saturated rings. The molecule has 2 nitrogen and oxygen atoms in total. The lowest BCUT2D eigenvalue weighted by atomic mass is 9.81. The van der Waals surface area contributed by atoms with Crippen molar-refractivity contribution in [3.05, 3.63) is 248 Å². The summed E-state index contributed by atoms with van der Waals surface area (Å²) in [4.78, 5) is 0. The van der Waals surface area contributed by atoms with Crippen LogP contribution in [0.4, 0.5) is 0 Å². The van der Waals surface area contributed by atoms with E-state index in [1.165, 1.54) is 93.3 Å². The molecule has 14 aromatic rings. The highest BCUT2D eigenvalue weighted by Gasteiger charge is 2.35. The summed E-state index contributed by atoms with van der Waals surface area (Å²) in [6.45, 7) is 4.70. The molecule has 0 spiro atoms. The van der Waals surface area contributed by atoms with Gasteiger partial charge in [-0.1, -0.05) is 190 Å². The standard InChI is InChI=1S/C69H45NO/c1-69(2)63-25-11-10-24-56(63)57-30-26-48(39-64(57)69)45-18-12-16-43(36-45)44-17-13-19-46(37-44)49-27-31-58-60-34-33-59-62-38-47(42-14-4-3-5-15-42)28-35-65(62)70(67(59)68(60)71-66(58)40-49)50-29-32-55-53-22-7-6-20-51(53)52-21-8-9-23-54(52)61(55)41-50/h3-41H,1-2H3. The van der Waals surface area contributed by atoms with Crippen molar-refractivity contribution in [1.29, 1.82) is 0 Å². The first-order chi connectivity index (χ1) is 34.9. The largest absolute Gasteiger partial charge is 0.454 e. The predicted octanol–water partition coefficient (Wildman–Crippen LogP) is 19.1. The number of rotatable bonds is 5. The van der Waals surface area contributed by atoms with Crippen LogP contribution in [0.1, 0.15) is 25.0 Å². The van der Waals surface area contributed by atoms with Gasteiger partial charge in [-0.05, 0) is 160 Å². The van der Waals surface area contributed by atoms with Gasteiger partial charge in [0.15, 0.2) is 5.58 Å². The van der Waals surface area contributed by atoms with E-state index in [-0.39, 0.29) is 5.41 Å². The molecule has 12 aromatic carbocycles. The van der Waals surface area contributed by atoms with Crippen LogP contribution in [0.5, 0.6) is 0 Å². The first-order valence-corrected chi connectivity index (χ1v) is 24.7. The van der Waals surface area contributed by atoms with Crippen molar-refractivity contribution in [2.45, 2.75) is 19.3 Å². The summed E-state index contributed by atoms with van der Waals surface area (Å²) >= 11 is 0. The number of fused-ring (bicyclic) bond motifs is 16. The van der Waals surface area contributed by atoms with Gasteiger partial charge >= 0.3 is 0 Å². The van der Waals surface area contributed by atoms with Crippen LogP contribution in [0.15, 0.2) is 241 Å². The third kappa shape index (κ3) is 5.95. The summed E-state index contributed by atoms with van der Waals surface area (Å²) in [5, 5.41) is 12.1. The van der Waals surface area contributed by atoms with E-state index in [1.54, 1.807) is 0 Å². The summed E-state index contributed by atoms with van der Waals surface area (Å²) in [7, 11) is 0. The molecular weight excluding hydrogens is 859 g/mol. The SMILES string of the molecule is CC1(C)c2ccccc2-c2ccc(-c3cccc(-c4cccc(-c5ccc6c(c5)oc5c6ccc6c7cc(-c8ccccc8)ccc7n(-c7ccc8c9ccccc9c9ccccc9c8c7)c65)c4)c3)cc21.